The zero-order valence-corrected chi connectivity index (χ0v) is 7.31. The first kappa shape index (κ1) is 8.69. The van der Waals surface area contributed by atoms with E-state index in [1.807, 2.05) is 0 Å². The van der Waals surface area contributed by atoms with E-state index in [-0.39, 0.29) is 5.75 Å². The van der Waals surface area contributed by atoms with Gasteiger partial charge in [0.25, 0.3) is 0 Å². The van der Waals surface area contributed by atoms with Crippen molar-refractivity contribution in [3.63, 3.8) is 0 Å². The highest BCUT2D eigenvalue weighted by atomic mass is 19.1. The summed E-state index contributed by atoms with van der Waals surface area (Å²) in [5, 5.41) is 9.03. The third-order valence-electron chi connectivity index (χ3n) is 1.94. The topological polar surface area (TPSA) is 33.1 Å². The minimum atomic E-state index is -0.434. The fourth-order valence-electron chi connectivity index (χ4n) is 1.27. The number of aromatic nitrogens is 1. The molecule has 0 atom stereocenters. The molecule has 0 fully saturated rings. The minimum absolute atomic E-state index is 0.0692. The number of rotatable bonds is 1. The van der Waals surface area contributed by atoms with Gasteiger partial charge in [0.05, 0.1) is 0 Å². The monoisotopic (exact) mass is 189 g/mol. The number of pyridine rings is 1. The average Bonchev–Trinajstić information content (AvgIpc) is 2.19. The van der Waals surface area contributed by atoms with Gasteiger partial charge in [-0.25, -0.2) is 4.39 Å². The summed E-state index contributed by atoms with van der Waals surface area (Å²) in [6, 6.07) is 7.53. The Morgan fingerprint density at radius 2 is 1.79 bits per heavy atom. The molecule has 3 heteroatoms. The Bertz CT molecular complexity index is 442. The lowest BCUT2D eigenvalue weighted by atomic mass is 10.1. The molecule has 2 rings (SSSR count). The van der Waals surface area contributed by atoms with Gasteiger partial charge in [0.1, 0.15) is 11.6 Å². The van der Waals surface area contributed by atoms with Crippen LogP contribution in [0, 0.1) is 5.82 Å². The van der Waals surface area contributed by atoms with Crippen molar-refractivity contribution in [2.24, 2.45) is 0 Å². The van der Waals surface area contributed by atoms with Crippen LogP contribution in [0.3, 0.4) is 0 Å². The predicted molar refractivity (Wildman–Crippen MR) is 51.3 cm³/mol. The fourth-order valence-corrected chi connectivity index (χ4v) is 1.27. The van der Waals surface area contributed by atoms with Gasteiger partial charge < -0.3 is 5.11 Å². The van der Waals surface area contributed by atoms with Gasteiger partial charge in [-0.15, -0.1) is 0 Å². The second-order valence-corrected chi connectivity index (χ2v) is 2.90. The number of hydrogen-bond donors (Lipinski definition) is 1. The standard InChI is InChI=1S/C11H8FNO/c12-11-7-9(14)1-2-10(11)8-3-5-13-6-4-8/h1-7,14H. The van der Waals surface area contributed by atoms with E-state index < -0.39 is 5.82 Å². The molecule has 0 spiro atoms. The lowest BCUT2D eigenvalue weighted by Crippen LogP contribution is -1.83. The SMILES string of the molecule is Oc1ccc(-c2ccncc2)c(F)c1. The molecule has 70 valence electrons. The Labute approximate surface area is 80.7 Å². The molecule has 0 unspecified atom stereocenters. The Morgan fingerprint density at radius 1 is 1.07 bits per heavy atom. The van der Waals surface area contributed by atoms with Gasteiger partial charge in [-0.3, -0.25) is 4.98 Å². The molecular weight excluding hydrogens is 181 g/mol. The first-order valence-electron chi connectivity index (χ1n) is 4.16. The second-order valence-electron chi connectivity index (χ2n) is 2.90. The van der Waals surface area contributed by atoms with E-state index in [1.54, 1.807) is 30.6 Å². The third-order valence-corrected chi connectivity index (χ3v) is 1.94. The Kier molecular flexibility index (Phi) is 2.14. The van der Waals surface area contributed by atoms with Crippen LogP contribution in [0.15, 0.2) is 42.7 Å². The maximum absolute atomic E-state index is 13.4. The Morgan fingerprint density at radius 3 is 2.43 bits per heavy atom. The van der Waals surface area contributed by atoms with Gasteiger partial charge in [-0.1, -0.05) is 0 Å². The number of benzene rings is 1. The highest BCUT2D eigenvalue weighted by Crippen LogP contribution is 2.24. The maximum Gasteiger partial charge on any atom is 0.134 e. The molecule has 0 bridgehead atoms. The molecule has 0 radical (unpaired) electrons. The molecule has 2 aromatic rings. The van der Waals surface area contributed by atoms with Crippen molar-refractivity contribution in [3.05, 3.63) is 48.5 Å². The molecule has 2 nitrogen and oxygen atoms in total. The molecule has 0 saturated heterocycles. The fraction of sp³-hybridized carbons (Fsp3) is 0. The van der Waals surface area contributed by atoms with E-state index in [2.05, 4.69) is 4.98 Å². The number of aromatic hydroxyl groups is 1. The third kappa shape index (κ3) is 1.57. The van der Waals surface area contributed by atoms with Gasteiger partial charge in [-0.05, 0) is 29.8 Å². The molecule has 0 aliphatic rings. The molecule has 1 N–H and O–H groups in total. The van der Waals surface area contributed by atoms with E-state index >= 15 is 0 Å². The van der Waals surface area contributed by atoms with E-state index in [9.17, 15) is 4.39 Å². The summed E-state index contributed by atoms with van der Waals surface area (Å²) < 4.78 is 13.4. The Hall–Kier alpha value is -1.90. The molecule has 0 amide bonds. The lowest BCUT2D eigenvalue weighted by molar-refractivity contribution is 0.469. The van der Waals surface area contributed by atoms with Crippen LogP contribution >= 0.6 is 0 Å². The quantitative estimate of drug-likeness (QED) is 0.747. The van der Waals surface area contributed by atoms with Crippen molar-refractivity contribution in [1.82, 2.24) is 4.98 Å². The van der Waals surface area contributed by atoms with Gasteiger partial charge in [0, 0.05) is 24.0 Å². The number of phenols is 1. The van der Waals surface area contributed by atoms with Crippen molar-refractivity contribution in [3.8, 4) is 16.9 Å². The van der Waals surface area contributed by atoms with E-state index in [4.69, 9.17) is 5.11 Å². The van der Waals surface area contributed by atoms with Crippen LogP contribution in [0.4, 0.5) is 4.39 Å². The van der Waals surface area contributed by atoms with Crippen LogP contribution in [0.2, 0.25) is 0 Å². The van der Waals surface area contributed by atoms with Crippen LogP contribution in [0.5, 0.6) is 5.75 Å². The highest BCUT2D eigenvalue weighted by molar-refractivity contribution is 5.64. The van der Waals surface area contributed by atoms with Crippen LogP contribution < -0.4 is 0 Å². The predicted octanol–water partition coefficient (Wildman–Crippen LogP) is 2.59. The molecule has 0 saturated carbocycles. The average molecular weight is 189 g/mol. The first-order chi connectivity index (χ1) is 6.77. The minimum Gasteiger partial charge on any atom is -0.508 e. The summed E-state index contributed by atoms with van der Waals surface area (Å²) in [6.45, 7) is 0. The van der Waals surface area contributed by atoms with E-state index in [1.165, 1.54) is 6.07 Å². The largest absolute Gasteiger partial charge is 0.508 e. The van der Waals surface area contributed by atoms with Crippen LogP contribution in [0.1, 0.15) is 0 Å². The number of halogens is 1. The molecular formula is C11H8FNO. The van der Waals surface area contributed by atoms with Crippen molar-refractivity contribution in [2.75, 3.05) is 0 Å². The van der Waals surface area contributed by atoms with Crippen LogP contribution in [0.25, 0.3) is 11.1 Å². The molecule has 1 aromatic heterocycles. The van der Waals surface area contributed by atoms with E-state index in [0.717, 1.165) is 11.6 Å². The molecule has 1 aromatic carbocycles. The molecule has 0 aliphatic carbocycles. The van der Waals surface area contributed by atoms with Crippen LogP contribution in [-0.4, -0.2) is 10.1 Å². The summed E-state index contributed by atoms with van der Waals surface area (Å²) in [6.07, 6.45) is 3.20. The van der Waals surface area contributed by atoms with Crippen LogP contribution in [-0.2, 0) is 0 Å². The zero-order valence-electron chi connectivity index (χ0n) is 7.31. The van der Waals surface area contributed by atoms with Gasteiger partial charge in [0.15, 0.2) is 0 Å². The number of hydrogen-bond acceptors (Lipinski definition) is 2. The summed E-state index contributed by atoms with van der Waals surface area (Å²) in [5.41, 5.74) is 1.21. The second kappa shape index (κ2) is 3.46. The summed E-state index contributed by atoms with van der Waals surface area (Å²) in [5.74, 6) is -0.503. The first-order valence-corrected chi connectivity index (χ1v) is 4.16. The maximum atomic E-state index is 13.4. The summed E-state index contributed by atoms with van der Waals surface area (Å²) in [4.78, 5) is 3.85. The number of phenolic OH excluding ortho intramolecular Hbond substituents is 1. The van der Waals surface area contributed by atoms with Gasteiger partial charge in [-0.2, -0.15) is 0 Å². The smallest absolute Gasteiger partial charge is 0.134 e. The zero-order chi connectivity index (χ0) is 9.97. The molecule has 1 heterocycles. The van der Waals surface area contributed by atoms with Crippen molar-refractivity contribution >= 4 is 0 Å². The normalized spacial score (nSPS) is 10.1. The van der Waals surface area contributed by atoms with Gasteiger partial charge in [0.2, 0.25) is 0 Å². The highest BCUT2D eigenvalue weighted by Gasteiger charge is 2.04. The van der Waals surface area contributed by atoms with Crippen molar-refractivity contribution in [2.45, 2.75) is 0 Å². The van der Waals surface area contributed by atoms with Crippen molar-refractivity contribution in [1.29, 1.82) is 0 Å². The summed E-state index contributed by atoms with van der Waals surface area (Å²) >= 11 is 0. The van der Waals surface area contributed by atoms with E-state index in [0.29, 0.717) is 5.56 Å². The summed E-state index contributed by atoms with van der Waals surface area (Å²) in [7, 11) is 0. The Balaban J connectivity index is 2.53. The van der Waals surface area contributed by atoms with Crippen molar-refractivity contribution < 1.29 is 9.50 Å². The lowest BCUT2D eigenvalue weighted by Gasteiger charge is -2.02. The number of nitrogens with zero attached hydrogens (tertiary/aromatic N) is 1. The van der Waals surface area contributed by atoms with Gasteiger partial charge >= 0.3 is 0 Å². The molecule has 14 heavy (non-hydrogen) atoms. The molecule has 0 aliphatic heterocycles.